The van der Waals surface area contributed by atoms with Gasteiger partial charge >= 0.3 is 0 Å². The maximum Gasteiger partial charge on any atom is 0.235 e. The Morgan fingerprint density at radius 3 is 3.00 bits per heavy atom. The van der Waals surface area contributed by atoms with E-state index in [0.717, 1.165) is 19.7 Å². The number of rotatable bonds is 3. The summed E-state index contributed by atoms with van der Waals surface area (Å²) in [6.07, 6.45) is 0. The van der Waals surface area contributed by atoms with E-state index in [2.05, 4.69) is 33.5 Å². The lowest BCUT2D eigenvalue weighted by Crippen LogP contribution is -2.39. The van der Waals surface area contributed by atoms with Crippen molar-refractivity contribution in [2.75, 3.05) is 19.8 Å². The fourth-order valence-electron chi connectivity index (χ4n) is 2.32. The molecule has 1 aliphatic rings. The van der Waals surface area contributed by atoms with Gasteiger partial charge in [0.1, 0.15) is 6.04 Å². The maximum absolute atomic E-state index is 5.55. The van der Waals surface area contributed by atoms with Crippen LogP contribution in [-0.2, 0) is 11.3 Å². The maximum atomic E-state index is 5.55. The van der Waals surface area contributed by atoms with Crippen LogP contribution in [0.25, 0.3) is 0 Å². The van der Waals surface area contributed by atoms with E-state index < -0.39 is 0 Å². The standard InChI is InChI=1S/C13H17N3O2S/c1-9-5-11(8-19-9)6-16-3-4-17-7-12(16)13-15-14-10(2)18-13/h5,8,12H,3-4,6-7H2,1-2H3/t12-/m1/s1. The van der Waals surface area contributed by atoms with E-state index in [-0.39, 0.29) is 6.04 Å². The molecule has 1 atom stereocenters. The molecule has 2 aromatic rings. The fraction of sp³-hybridized carbons (Fsp3) is 0.538. The largest absolute Gasteiger partial charge is 0.424 e. The zero-order valence-corrected chi connectivity index (χ0v) is 11.9. The van der Waals surface area contributed by atoms with Crippen LogP contribution in [0.4, 0.5) is 0 Å². The van der Waals surface area contributed by atoms with Gasteiger partial charge in [-0.05, 0) is 23.9 Å². The number of aryl methyl sites for hydroxylation is 2. The molecule has 0 spiro atoms. The van der Waals surface area contributed by atoms with E-state index in [1.54, 1.807) is 11.3 Å². The van der Waals surface area contributed by atoms with E-state index in [1.165, 1.54) is 10.4 Å². The molecule has 1 aliphatic heterocycles. The summed E-state index contributed by atoms with van der Waals surface area (Å²) in [5.41, 5.74) is 1.34. The summed E-state index contributed by atoms with van der Waals surface area (Å²) in [5.74, 6) is 1.26. The summed E-state index contributed by atoms with van der Waals surface area (Å²) in [6, 6.07) is 2.30. The minimum atomic E-state index is 0.0650. The number of thiophene rings is 1. The van der Waals surface area contributed by atoms with Gasteiger partial charge in [0.05, 0.1) is 13.2 Å². The van der Waals surface area contributed by atoms with Crippen LogP contribution in [0.3, 0.4) is 0 Å². The molecule has 2 aromatic heterocycles. The Morgan fingerprint density at radius 1 is 1.42 bits per heavy atom. The summed E-state index contributed by atoms with van der Waals surface area (Å²) in [5, 5.41) is 10.3. The lowest BCUT2D eigenvalue weighted by atomic mass is 10.2. The lowest BCUT2D eigenvalue weighted by molar-refractivity contribution is -0.0225. The number of morpholine rings is 1. The molecular formula is C13H17N3O2S. The number of hydrogen-bond donors (Lipinski definition) is 0. The van der Waals surface area contributed by atoms with Crippen LogP contribution in [0.5, 0.6) is 0 Å². The van der Waals surface area contributed by atoms with Gasteiger partial charge in [0.2, 0.25) is 11.8 Å². The zero-order chi connectivity index (χ0) is 13.2. The molecule has 1 fully saturated rings. The van der Waals surface area contributed by atoms with E-state index >= 15 is 0 Å². The molecule has 0 aromatic carbocycles. The molecule has 3 rings (SSSR count). The summed E-state index contributed by atoms with van der Waals surface area (Å²) >= 11 is 1.78. The quantitative estimate of drug-likeness (QED) is 0.863. The molecule has 0 unspecified atom stereocenters. The molecule has 5 nitrogen and oxygen atoms in total. The second kappa shape index (κ2) is 5.40. The minimum absolute atomic E-state index is 0.0650. The van der Waals surface area contributed by atoms with Gasteiger partial charge in [-0.15, -0.1) is 21.5 Å². The smallest absolute Gasteiger partial charge is 0.235 e. The van der Waals surface area contributed by atoms with Crippen molar-refractivity contribution in [1.82, 2.24) is 15.1 Å². The van der Waals surface area contributed by atoms with Crippen LogP contribution in [0.1, 0.15) is 28.3 Å². The van der Waals surface area contributed by atoms with E-state index in [1.807, 2.05) is 6.92 Å². The van der Waals surface area contributed by atoms with Gasteiger partial charge in [-0.3, -0.25) is 4.90 Å². The molecule has 0 aliphatic carbocycles. The normalized spacial score (nSPS) is 20.8. The van der Waals surface area contributed by atoms with Crippen molar-refractivity contribution in [1.29, 1.82) is 0 Å². The molecule has 102 valence electrons. The molecule has 0 saturated carbocycles. The molecule has 1 saturated heterocycles. The first-order valence-electron chi connectivity index (χ1n) is 6.38. The lowest BCUT2D eigenvalue weighted by Gasteiger charge is -2.33. The summed E-state index contributed by atoms with van der Waals surface area (Å²) in [7, 11) is 0. The molecule has 0 amide bonds. The van der Waals surface area contributed by atoms with Crippen molar-refractivity contribution in [2.24, 2.45) is 0 Å². The van der Waals surface area contributed by atoms with Gasteiger partial charge in [0, 0.05) is 24.9 Å². The highest BCUT2D eigenvalue weighted by Gasteiger charge is 2.29. The van der Waals surface area contributed by atoms with Crippen molar-refractivity contribution in [3.05, 3.63) is 33.7 Å². The highest BCUT2D eigenvalue weighted by molar-refractivity contribution is 7.10. The molecule has 3 heterocycles. The number of hydrogen-bond acceptors (Lipinski definition) is 6. The average molecular weight is 279 g/mol. The summed E-state index contributed by atoms with van der Waals surface area (Å²) in [6.45, 7) is 7.11. The van der Waals surface area contributed by atoms with Crippen molar-refractivity contribution in [3.8, 4) is 0 Å². The third-order valence-electron chi connectivity index (χ3n) is 3.24. The van der Waals surface area contributed by atoms with Crippen LogP contribution in [0.2, 0.25) is 0 Å². The van der Waals surface area contributed by atoms with Crippen molar-refractivity contribution in [3.63, 3.8) is 0 Å². The van der Waals surface area contributed by atoms with E-state index in [9.17, 15) is 0 Å². The predicted octanol–water partition coefficient (Wildman–Crippen LogP) is 2.32. The molecule has 0 bridgehead atoms. The predicted molar refractivity (Wildman–Crippen MR) is 72.1 cm³/mol. The van der Waals surface area contributed by atoms with E-state index in [0.29, 0.717) is 18.4 Å². The fourth-order valence-corrected chi connectivity index (χ4v) is 3.02. The zero-order valence-electron chi connectivity index (χ0n) is 11.1. The van der Waals surface area contributed by atoms with Gasteiger partial charge in [0.25, 0.3) is 0 Å². The van der Waals surface area contributed by atoms with Gasteiger partial charge in [0.15, 0.2) is 0 Å². The SMILES string of the molecule is Cc1nnc([C@H]2COCCN2Cc2csc(C)c2)o1. The van der Waals surface area contributed by atoms with Crippen LogP contribution >= 0.6 is 11.3 Å². The van der Waals surface area contributed by atoms with E-state index in [4.69, 9.17) is 9.15 Å². The summed E-state index contributed by atoms with van der Waals surface area (Å²) in [4.78, 5) is 3.69. The Labute approximate surface area is 116 Å². The van der Waals surface area contributed by atoms with Gasteiger partial charge in [-0.25, -0.2) is 0 Å². The van der Waals surface area contributed by atoms with Crippen molar-refractivity contribution >= 4 is 11.3 Å². The third-order valence-corrected chi connectivity index (χ3v) is 4.15. The molecular weight excluding hydrogens is 262 g/mol. The first kappa shape index (κ1) is 12.8. The molecule has 19 heavy (non-hydrogen) atoms. The Bertz CT molecular complexity index is 552. The monoisotopic (exact) mass is 279 g/mol. The molecule has 0 radical (unpaired) electrons. The Hall–Kier alpha value is -1.24. The van der Waals surface area contributed by atoms with Crippen LogP contribution in [-0.4, -0.2) is 34.9 Å². The van der Waals surface area contributed by atoms with Crippen LogP contribution in [0.15, 0.2) is 15.9 Å². The third kappa shape index (κ3) is 2.86. The highest BCUT2D eigenvalue weighted by Crippen LogP contribution is 2.26. The average Bonchev–Trinajstić information content (AvgIpc) is 2.99. The molecule has 0 N–H and O–H groups in total. The Kier molecular flexibility index (Phi) is 3.63. The van der Waals surface area contributed by atoms with Gasteiger partial charge in [-0.1, -0.05) is 0 Å². The minimum Gasteiger partial charge on any atom is -0.424 e. The van der Waals surface area contributed by atoms with Gasteiger partial charge in [-0.2, -0.15) is 0 Å². The first-order chi connectivity index (χ1) is 9.22. The highest BCUT2D eigenvalue weighted by atomic mass is 32.1. The van der Waals surface area contributed by atoms with Crippen molar-refractivity contribution in [2.45, 2.75) is 26.4 Å². The van der Waals surface area contributed by atoms with Crippen LogP contribution in [0, 0.1) is 13.8 Å². The number of aromatic nitrogens is 2. The second-order valence-corrected chi connectivity index (χ2v) is 5.90. The topological polar surface area (TPSA) is 51.4 Å². The van der Waals surface area contributed by atoms with Gasteiger partial charge < -0.3 is 9.15 Å². The Morgan fingerprint density at radius 2 is 2.32 bits per heavy atom. The first-order valence-corrected chi connectivity index (χ1v) is 7.26. The Balaban J connectivity index is 1.77. The second-order valence-electron chi connectivity index (χ2n) is 4.79. The number of ether oxygens (including phenoxy) is 1. The number of nitrogens with zero attached hydrogens (tertiary/aromatic N) is 3. The van der Waals surface area contributed by atoms with Crippen molar-refractivity contribution < 1.29 is 9.15 Å². The van der Waals surface area contributed by atoms with Crippen LogP contribution < -0.4 is 0 Å². The summed E-state index contributed by atoms with van der Waals surface area (Å²) < 4.78 is 11.1. The molecule has 6 heteroatoms.